The Morgan fingerprint density at radius 1 is 1.08 bits per heavy atom. The molecule has 0 atom stereocenters. The summed E-state index contributed by atoms with van der Waals surface area (Å²) in [4.78, 5) is 26.8. The van der Waals surface area contributed by atoms with Crippen LogP contribution in [0.4, 0.5) is 16.2 Å². The standard InChI is InChI=1S/C18H26N4O3/c1-14-2-4-15(5-3-14)19-18(23)21-12-10-20(11-13-21)16-6-8-17(9-7-16)22(24)25/h6-9,14-15H,2-5,10-13H2,1H3,(H,19,23). The fourth-order valence-electron chi connectivity index (χ4n) is 3.62. The highest BCUT2D eigenvalue weighted by Gasteiger charge is 2.25. The summed E-state index contributed by atoms with van der Waals surface area (Å²) in [5.74, 6) is 0.776. The smallest absolute Gasteiger partial charge is 0.317 e. The minimum Gasteiger partial charge on any atom is -0.368 e. The monoisotopic (exact) mass is 346 g/mol. The van der Waals surface area contributed by atoms with Gasteiger partial charge in [-0.05, 0) is 43.7 Å². The first-order valence-electron chi connectivity index (χ1n) is 9.08. The molecule has 1 aliphatic carbocycles. The number of nitro groups is 1. The SMILES string of the molecule is CC1CCC(NC(=O)N2CCN(c3ccc([N+](=O)[O-])cc3)CC2)CC1. The summed E-state index contributed by atoms with van der Waals surface area (Å²) in [7, 11) is 0. The molecular formula is C18H26N4O3. The van der Waals surface area contributed by atoms with E-state index in [0.29, 0.717) is 19.1 Å². The van der Waals surface area contributed by atoms with E-state index in [1.54, 1.807) is 12.1 Å². The summed E-state index contributed by atoms with van der Waals surface area (Å²) in [5, 5.41) is 13.9. The van der Waals surface area contributed by atoms with Gasteiger partial charge in [0.1, 0.15) is 0 Å². The molecule has 2 fully saturated rings. The lowest BCUT2D eigenvalue weighted by atomic mass is 9.87. The van der Waals surface area contributed by atoms with Gasteiger partial charge in [-0.1, -0.05) is 6.92 Å². The molecule has 0 spiro atoms. The van der Waals surface area contributed by atoms with Gasteiger partial charge in [0.05, 0.1) is 4.92 Å². The Kier molecular flexibility index (Phi) is 5.40. The van der Waals surface area contributed by atoms with Crippen LogP contribution in [0.3, 0.4) is 0 Å². The van der Waals surface area contributed by atoms with Gasteiger partial charge in [0.25, 0.3) is 5.69 Å². The number of nitro benzene ring substituents is 1. The predicted molar refractivity (Wildman–Crippen MR) is 96.8 cm³/mol. The number of anilines is 1. The van der Waals surface area contributed by atoms with Crippen LogP contribution >= 0.6 is 0 Å². The van der Waals surface area contributed by atoms with Crippen LogP contribution in [0.25, 0.3) is 0 Å². The van der Waals surface area contributed by atoms with Crippen LogP contribution in [0.2, 0.25) is 0 Å². The normalized spacial score (nSPS) is 24.0. The first-order valence-corrected chi connectivity index (χ1v) is 9.08. The lowest BCUT2D eigenvalue weighted by Crippen LogP contribution is -2.53. The molecule has 3 rings (SSSR count). The van der Waals surface area contributed by atoms with Gasteiger partial charge < -0.3 is 15.1 Å². The van der Waals surface area contributed by atoms with E-state index in [9.17, 15) is 14.9 Å². The van der Waals surface area contributed by atoms with Gasteiger partial charge >= 0.3 is 6.03 Å². The average Bonchev–Trinajstić information content (AvgIpc) is 2.64. The number of carbonyl (C=O) groups excluding carboxylic acids is 1. The molecule has 0 radical (unpaired) electrons. The number of urea groups is 1. The van der Waals surface area contributed by atoms with E-state index in [1.807, 2.05) is 4.90 Å². The number of amides is 2. The minimum absolute atomic E-state index is 0.0444. The van der Waals surface area contributed by atoms with Crippen LogP contribution in [-0.4, -0.2) is 48.1 Å². The summed E-state index contributed by atoms with van der Waals surface area (Å²) >= 11 is 0. The van der Waals surface area contributed by atoms with Gasteiger partial charge in [0.15, 0.2) is 0 Å². The molecule has 2 aliphatic rings. The molecule has 0 unspecified atom stereocenters. The minimum atomic E-state index is -0.391. The Hall–Kier alpha value is -2.31. The summed E-state index contributed by atoms with van der Waals surface area (Å²) in [6, 6.07) is 6.96. The highest BCUT2D eigenvalue weighted by Crippen LogP contribution is 2.24. The fourth-order valence-corrected chi connectivity index (χ4v) is 3.62. The molecule has 1 heterocycles. The second-order valence-corrected chi connectivity index (χ2v) is 7.15. The molecule has 1 saturated carbocycles. The largest absolute Gasteiger partial charge is 0.368 e. The maximum atomic E-state index is 12.4. The van der Waals surface area contributed by atoms with E-state index in [1.165, 1.54) is 25.0 Å². The third kappa shape index (κ3) is 4.41. The molecule has 1 aromatic rings. The molecule has 2 amide bonds. The number of hydrogen-bond acceptors (Lipinski definition) is 4. The van der Waals surface area contributed by atoms with E-state index < -0.39 is 4.92 Å². The number of benzene rings is 1. The topological polar surface area (TPSA) is 78.7 Å². The maximum absolute atomic E-state index is 12.4. The number of nitrogens with one attached hydrogen (secondary N) is 1. The van der Waals surface area contributed by atoms with E-state index in [0.717, 1.165) is 37.5 Å². The van der Waals surface area contributed by atoms with Crippen molar-refractivity contribution in [1.29, 1.82) is 0 Å². The van der Waals surface area contributed by atoms with Crippen molar-refractivity contribution in [2.24, 2.45) is 5.92 Å². The first kappa shape index (κ1) is 17.5. The van der Waals surface area contributed by atoms with Crippen LogP contribution in [0, 0.1) is 16.0 Å². The molecule has 1 aromatic carbocycles. The molecule has 0 bridgehead atoms. The van der Waals surface area contributed by atoms with Gasteiger partial charge in [-0.15, -0.1) is 0 Å². The zero-order chi connectivity index (χ0) is 17.8. The third-order valence-electron chi connectivity index (χ3n) is 5.34. The Bertz CT molecular complexity index is 603. The van der Waals surface area contributed by atoms with Crippen molar-refractivity contribution in [2.45, 2.75) is 38.6 Å². The van der Waals surface area contributed by atoms with Crippen LogP contribution in [0.5, 0.6) is 0 Å². The lowest BCUT2D eigenvalue weighted by Gasteiger charge is -2.37. The zero-order valence-electron chi connectivity index (χ0n) is 14.7. The van der Waals surface area contributed by atoms with E-state index in [-0.39, 0.29) is 11.7 Å². The summed E-state index contributed by atoms with van der Waals surface area (Å²) in [5.41, 5.74) is 1.07. The lowest BCUT2D eigenvalue weighted by molar-refractivity contribution is -0.384. The van der Waals surface area contributed by atoms with Crippen molar-refractivity contribution in [1.82, 2.24) is 10.2 Å². The second kappa shape index (κ2) is 7.72. The number of non-ortho nitro benzene ring substituents is 1. The molecule has 136 valence electrons. The third-order valence-corrected chi connectivity index (χ3v) is 5.34. The van der Waals surface area contributed by atoms with Crippen LogP contribution in [0.1, 0.15) is 32.6 Å². The van der Waals surface area contributed by atoms with Gasteiger partial charge in [0.2, 0.25) is 0 Å². The number of rotatable bonds is 3. The van der Waals surface area contributed by atoms with Crippen molar-refractivity contribution < 1.29 is 9.72 Å². The molecule has 7 nitrogen and oxygen atoms in total. The zero-order valence-corrected chi connectivity index (χ0v) is 14.7. The van der Waals surface area contributed by atoms with E-state index in [4.69, 9.17) is 0 Å². The number of nitrogens with zero attached hydrogens (tertiary/aromatic N) is 3. The summed E-state index contributed by atoms with van der Waals surface area (Å²) < 4.78 is 0. The molecular weight excluding hydrogens is 320 g/mol. The highest BCUT2D eigenvalue weighted by atomic mass is 16.6. The molecule has 1 N–H and O–H groups in total. The second-order valence-electron chi connectivity index (χ2n) is 7.15. The van der Waals surface area contributed by atoms with Gasteiger partial charge in [-0.25, -0.2) is 4.79 Å². The van der Waals surface area contributed by atoms with Crippen molar-refractivity contribution in [3.63, 3.8) is 0 Å². The van der Waals surface area contributed by atoms with Crippen molar-refractivity contribution in [3.05, 3.63) is 34.4 Å². The molecule has 1 saturated heterocycles. The van der Waals surface area contributed by atoms with E-state index >= 15 is 0 Å². The van der Waals surface area contributed by atoms with Crippen LogP contribution in [-0.2, 0) is 0 Å². The van der Waals surface area contributed by atoms with Crippen molar-refractivity contribution in [3.8, 4) is 0 Å². The number of hydrogen-bond donors (Lipinski definition) is 1. The maximum Gasteiger partial charge on any atom is 0.317 e. The van der Waals surface area contributed by atoms with Crippen molar-refractivity contribution in [2.75, 3.05) is 31.1 Å². The highest BCUT2D eigenvalue weighted by molar-refractivity contribution is 5.75. The van der Waals surface area contributed by atoms with Gasteiger partial charge in [0, 0.05) is 50.0 Å². The Balaban J connectivity index is 1.48. The first-order chi connectivity index (χ1) is 12.0. The van der Waals surface area contributed by atoms with Crippen LogP contribution in [0.15, 0.2) is 24.3 Å². The Morgan fingerprint density at radius 2 is 1.68 bits per heavy atom. The number of carbonyl (C=O) groups is 1. The quantitative estimate of drug-likeness (QED) is 0.674. The van der Waals surface area contributed by atoms with Gasteiger partial charge in [-0.2, -0.15) is 0 Å². The van der Waals surface area contributed by atoms with E-state index in [2.05, 4.69) is 17.1 Å². The fraction of sp³-hybridized carbons (Fsp3) is 0.611. The molecule has 25 heavy (non-hydrogen) atoms. The van der Waals surface area contributed by atoms with Gasteiger partial charge in [-0.3, -0.25) is 10.1 Å². The summed E-state index contributed by atoms with van der Waals surface area (Å²) in [6.45, 7) is 5.10. The predicted octanol–water partition coefficient (Wildman–Crippen LogP) is 3.01. The van der Waals surface area contributed by atoms with Crippen LogP contribution < -0.4 is 10.2 Å². The molecule has 7 heteroatoms. The Morgan fingerprint density at radius 3 is 2.24 bits per heavy atom. The molecule has 1 aliphatic heterocycles. The molecule has 0 aromatic heterocycles. The summed E-state index contributed by atoms with van der Waals surface area (Å²) in [6.07, 6.45) is 4.54. The average molecular weight is 346 g/mol. The van der Waals surface area contributed by atoms with Crippen molar-refractivity contribution >= 4 is 17.4 Å². The number of piperazine rings is 1. The Labute approximate surface area is 148 Å².